The molecule has 0 bridgehead atoms. The summed E-state index contributed by atoms with van der Waals surface area (Å²) in [7, 11) is 1.80. The summed E-state index contributed by atoms with van der Waals surface area (Å²) in [5.74, 6) is -0.217. The number of likely N-dealkylation sites (N-methyl/N-ethyl adjacent to an activating group) is 1. The molecule has 1 aliphatic heterocycles. The molecule has 0 spiro atoms. The van der Waals surface area contributed by atoms with Gasteiger partial charge in [0.15, 0.2) is 0 Å². The van der Waals surface area contributed by atoms with Crippen molar-refractivity contribution in [2.75, 3.05) is 26.7 Å². The standard InChI is InChI=1S/C6H11N3O2/c1-7-2-3-9-4-5(10)8-6(9)11/h7H,2-4H2,1H3,(H,8,10,11). The summed E-state index contributed by atoms with van der Waals surface area (Å²) in [6.45, 7) is 1.48. The largest absolute Gasteiger partial charge is 0.324 e. The Morgan fingerprint density at radius 2 is 2.36 bits per heavy atom. The maximum Gasteiger partial charge on any atom is 0.324 e. The van der Waals surface area contributed by atoms with E-state index in [0.717, 1.165) is 0 Å². The number of imide groups is 1. The number of amides is 3. The summed E-state index contributed by atoms with van der Waals surface area (Å²) < 4.78 is 0. The zero-order valence-corrected chi connectivity index (χ0v) is 6.39. The van der Waals surface area contributed by atoms with Crippen molar-refractivity contribution in [2.24, 2.45) is 0 Å². The number of nitrogens with one attached hydrogen (secondary N) is 2. The van der Waals surface area contributed by atoms with Crippen LogP contribution in [0.15, 0.2) is 0 Å². The van der Waals surface area contributed by atoms with E-state index < -0.39 is 0 Å². The van der Waals surface area contributed by atoms with Gasteiger partial charge in [0.1, 0.15) is 6.54 Å². The van der Waals surface area contributed by atoms with E-state index >= 15 is 0 Å². The minimum Gasteiger partial charge on any atom is -0.318 e. The lowest BCUT2D eigenvalue weighted by atomic mass is 10.5. The van der Waals surface area contributed by atoms with Crippen LogP contribution in [0.5, 0.6) is 0 Å². The highest BCUT2D eigenvalue weighted by molar-refractivity contribution is 6.01. The molecule has 2 N–H and O–H groups in total. The highest BCUT2D eigenvalue weighted by atomic mass is 16.2. The van der Waals surface area contributed by atoms with Crippen LogP contribution in [0.1, 0.15) is 0 Å². The highest BCUT2D eigenvalue weighted by Gasteiger charge is 2.25. The number of carbonyl (C=O) groups is 2. The Morgan fingerprint density at radius 1 is 1.64 bits per heavy atom. The molecule has 0 aromatic heterocycles. The maximum atomic E-state index is 10.9. The lowest BCUT2D eigenvalue weighted by molar-refractivity contribution is -0.118. The van der Waals surface area contributed by atoms with Crippen LogP contribution < -0.4 is 10.6 Å². The number of urea groups is 1. The molecule has 3 amide bonds. The molecule has 62 valence electrons. The van der Waals surface area contributed by atoms with Gasteiger partial charge < -0.3 is 10.2 Å². The van der Waals surface area contributed by atoms with Gasteiger partial charge in [-0.25, -0.2) is 4.79 Å². The fraction of sp³-hybridized carbons (Fsp3) is 0.667. The predicted octanol–water partition coefficient (Wildman–Crippen LogP) is -1.24. The molecule has 0 radical (unpaired) electrons. The molecule has 5 heteroatoms. The van der Waals surface area contributed by atoms with Crippen LogP contribution in [0.25, 0.3) is 0 Å². The van der Waals surface area contributed by atoms with Gasteiger partial charge >= 0.3 is 6.03 Å². The van der Waals surface area contributed by atoms with Crippen molar-refractivity contribution in [1.82, 2.24) is 15.5 Å². The summed E-state index contributed by atoms with van der Waals surface area (Å²) in [6, 6.07) is -0.287. The first-order valence-electron chi connectivity index (χ1n) is 3.47. The minimum atomic E-state index is -0.287. The van der Waals surface area contributed by atoms with Crippen LogP contribution in [0, 0.1) is 0 Å². The molecule has 1 fully saturated rings. The van der Waals surface area contributed by atoms with Crippen molar-refractivity contribution in [3.8, 4) is 0 Å². The molecule has 0 aromatic rings. The smallest absolute Gasteiger partial charge is 0.318 e. The summed E-state index contributed by atoms with van der Waals surface area (Å²) in [4.78, 5) is 23.0. The van der Waals surface area contributed by atoms with Crippen molar-refractivity contribution in [3.63, 3.8) is 0 Å². The zero-order chi connectivity index (χ0) is 8.27. The first-order chi connectivity index (χ1) is 5.24. The summed E-state index contributed by atoms with van der Waals surface area (Å²) in [5.41, 5.74) is 0. The number of nitrogens with zero attached hydrogens (tertiary/aromatic N) is 1. The van der Waals surface area contributed by atoms with Crippen LogP contribution in [0.3, 0.4) is 0 Å². The Balaban J connectivity index is 2.34. The average Bonchev–Trinajstić information content (AvgIpc) is 2.26. The molecule has 1 heterocycles. The molecule has 1 aliphatic rings. The molecule has 0 atom stereocenters. The summed E-state index contributed by atoms with van der Waals surface area (Å²) in [6.07, 6.45) is 0. The van der Waals surface area contributed by atoms with Gasteiger partial charge in [-0.05, 0) is 7.05 Å². The van der Waals surface area contributed by atoms with E-state index in [9.17, 15) is 9.59 Å². The van der Waals surface area contributed by atoms with E-state index in [-0.39, 0.29) is 18.5 Å². The van der Waals surface area contributed by atoms with Gasteiger partial charge in [0.2, 0.25) is 5.91 Å². The topological polar surface area (TPSA) is 61.4 Å². The van der Waals surface area contributed by atoms with Gasteiger partial charge in [0, 0.05) is 13.1 Å². The van der Waals surface area contributed by atoms with Gasteiger partial charge in [0.25, 0.3) is 0 Å². The van der Waals surface area contributed by atoms with Crippen LogP contribution in [-0.4, -0.2) is 43.5 Å². The number of rotatable bonds is 3. The Kier molecular flexibility index (Phi) is 2.43. The second-order valence-electron chi connectivity index (χ2n) is 2.38. The second-order valence-corrected chi connectivity index (χ2v) is 2.38. The molecule has 1 rings (SSSR count). The molecule has 11 heavy (non-hydrogen) atoms. The first kappa shape index (κ1) is 8.00. The number of carbonyl (C=O) groups excluding carboxylic acids is 2. The monoisotopic (exact) mass is 157 g/mol. The van der Waals surface area contributed by atoms with E-state index in [1.165, 1.54) is 4.90 Å². The molecule has 1 saturated heterocycles. The Morgan fingerprint density at radius 3 is 2.82 bits per heavy atom. The SMILES string of the molecule is CNCCN1CC(=O)NC1=O. The van der Waals surface area contributed by atoms with Crippen LogP contribution in [0.2, 0.25) is 0 Å². The lowest BCUT2D eigenvalue weighted by Gasteiger charge is -2.11. The van der Waals surface area contributed by atoms with Crippen molar-refractivity contribution < 1.29 is 9.59 Å². The van der Waals surface area contributed by atoms with Gasteiger partial charge in [-0.1, -0.05) is 0 Å². The van der Waals surface area contributed by atoms with Crippen molar-refractivity contribution in [1.29, 1.82) is 0 Å². The van der Waals surface area contributed by atoms with Crippen molar-refractivity contribution in [2.45, 2.75) is 0 Å². The van der Waals surface area contributed by atoms with Crippen LogP contribution in [0.4, 0.5) is 4.79 Å². The Labute approximate surface area is 64.7 Å². The van der Waals surface area contributed by atoms with Crippen LogP contribution in [-0.2, 0) is 4.79 Å². The average molecular weight is 157 g/mol. The third-order valence-corrected chi connectivity index (χ3v) is 1.50. The molecule has 0 saturated carbocycles. The first-order valence-corrected chi connectivity index (χ1v) is 3.47. The minimum absolute atomic E-state index is 0.195. The van der Waals surface area contributed by atoms with E-state index in [1.807, 2.05) is 0 Å². The fourth-order valence-corrected chi connectivity index (χ4v) is 0.910. The van der Waals surface area contributed by atoms with Gasteiger partial charge in [0.05, 0.1) is 0 Å². The van der Waals surface area contributed by atoms with Gasteiger partial charge in [-0.15, -0.1) is 0 Å². The normalized spacial score (nSPS) is 17.4. The van der Waals surface area contributed by atoms with E-state index in [1.54, 1.807) is 7.05 Å². The van der Waals surface area contributed by atoms with E-state index in [2.05, 4.69) is 10.6 Å². The summed E-state index contributed by atoms with van der Waals surface area (Å²) in [5, 5.41) is 5.09. The zero-order valence-electron chi connectivity index (χ0n) is 6.39. The predicted molar refractivity (Wildman–Crippen MR) is 39.0 cm³/mol. The van der Waals surface area contributed by atoms with E-state index in [0.29, 0.717) is 13.1 Å². The molecular formula is C6H11N3O2. The van der Waals surface area contributed by atoms with E-state index in [4.69, 9.17) is 0 Å². The quantitative estimate of drug-likeness (QED) is 0.504. The lowest BCUT2D eigenvalue weighted by Crippen LogP contribution is -2.33. The summed E-state index contributed by atoms with van der Waals surface area (Å²) >= 11 is 0. The van der Waals surface area contributed by atoms with Gasteiger partial charge in [-0.2, -0.15) is 0 Å². The number of hydrogen-bond acceptors (Lipinski definition) is 3. The fourth-order valence-electron chi connectivity index (χ4n) is 0.910. The van der Waals surface area contributed by atoms with Crippen molar-refractivity contribution in [3.05, 3.63) is 0 Å². The second kappa shape index (κ2) is 3.34. The third-order valence-electron chi connectivity index (χ3n) is 1.50. The molecule has 0 unspecified atom stereocenters. The molecule has 5 nitrogen and oxygen atoms in total. The van der Waals surface area contributed by atoms with Crippen molar-refractivity contribution >= 4 is 11.9 Å². The van der Waals surface area contributed by atoms with Gasteiger partial charge in [-0.3, -0.25) is 10.1 Å². The Bertz CT molecular complexity index is 181. The molecule has 0 aliphatic carbocycles. The third kappa shape index (κ3) is 1.91. The highest BCUT2D eigenvalue weighted by Crippen LogP contribution is 1.95. The maximum absolute atomic E-state index is 10.9. The molecular weight excluding hydrogens is 146 g/mol. The van der Waals surface area contributed by atoms with Crippen LogP contribution >= 0.6 is 0 Å². The number of hydrogen-bond donors (Lipinski definition) is 2. The Hall–Kier alpha value is -1.10. The molecule has 0 aromatic carbocycles.